The highest BCUT2D eigenvalue weighted by Gasteiger charge is 2.27. The predicted octanol–water partition coefficient (Wildman–Crippen LogP) is 2.50. The summed E-state index contributed by atoms with van der Waals surface area (Å²) < 4.78 is 24.3. The van der Waals surface area contributed by atoms with Gasteiger partial charge in [0.25, 0.3) is 0 Å². The van der Waals surface area contributed by atoms with E-state index in [1.807, 2.05) is 0 Å². The van der Waals surface area contributed by atoms with Gasteiger partial charge in [-0.2, -0.15) is 0 Å². The van der Waals surface area contributed by atoms with Crippen LogP contribution in [0.4, 0.5) is 10.1 Å². The van der Waals surface area contributed by atoms with E-state index in [0.29, 0.717) is 25.0 Å². The van der Waals surface area contributed by atoms with Crippen LogP contribution in [0.1, 0.15) is 19.3 Å². The van der Waals surface area contributed by atoms with Crippen LogP contribution in [-0.4, -0.2) is 25.2 Å². The lowest BCUT2D eigenvalue weighted by molar-refractivity contribution is -0.386. The maximum atomic E-state index is 13.9. The van der Waals surface area contributed by atoms with Gasteiger partial charge in [-0.1, -0.05) is 6.42 Å². The first-order valence-corrected chi connectivity index (χ1v) is 6.91. The molecule has 2 rings (SSSR count). The first-order valence-electron chi connectivity index (χ1n) is 6.91. The lowest BCUT2D eigenvalue weighted by Gasteiger charge is -2.18. The molecule has 0 spiro atoms. The summed E-state index contributed by atoms with van der Waals surface area (Å²) in [5.74, 6) is -0.105. The van der Waals surface area contributed by atoms with Gasteiger partial charge in [0.2, 0.25) is 5.75 Å². The Hall–Kier alpha value is -1.89. The molecule has 21 heavy (non-hydrogen) atoms. The minimum atomic E-state index is -0.759. The molecule has 2 atom stereocenters. The number of ether oxygens (including phenoxy) is 2. The van der Waals surface area contributed by atoms with E-state index in [9.17, 15) is 14.5 Å². The number of rotatable bonds is 6. The summed E-state index contributed by atoms with van der Waals surface area (Å²) in [6.07, 6.45) is 3.17. The average molecular weight is 298 g/mol. The van der Waals surface area contributed by atoms with Gasteiger partial charge in [0, 0.05) is 6.07 Å². The fraction of sp³-hybridized carbons (Fsp3) is 0.571. The van der Waals surface area contributed by atoms with E-state index < -0.39 is 16.4 Å². The van der Waals surface area contributed by atoms with Crippen LogP contribution in [0.15, 0.2) is 12.1 Å². The normalized spacial score (nSPS) is 21.3. The van der Waals surface area contributed by atoms with E-state index in [-0.39, 0.29) is 11.5 Å². The van der Waals surface area contributed by atoms with Crippen LogP contribution in [0.25, 0.3) is 0 Å². The minimum Gasteiger partial charge on any atom is -0.490 e. The molecule has 0 radical (unpaired) electrons. The predicted molar refractivity (Wildman–Crippen MR) is 75.0 cm³/mol. The van der Waals surface area contributed by atoms with Crippen LogP contribution in [0.2, 0.25) is 0 Å². The van der Waals surface area contributed by atoms with Crippen molar-refractivity contribution < 1.29 is 18.8 Å². The molecule has 1 saturated carbocycles. The number of nitro benzene ring substituents is 1. The number of methoxy groups -OCH3 is 1. The molecule has 0 heterocycles. The number of benzene rings is 1. The summed E-state index contributed by atoms with van der Waals surface area (Å²) in [7, 11) is 1.30. The van der Waals surface area contributed by atoms with Crippen molar-refractivity contribution in [2.75, 3.05) is 20.3 Å². The van der Waals surface area contributed by atoms with E-state index in [1.54, 1.807) is 0 Å². The van der Waals surface area contributed by atoms with Crippen molar-refractivity contribution in [3.8, 4) is 11.5 Å². The Morgan fingerprint density at radius 3 is 2.71 bits per heavy atom. The average Bonchev–Trinajstić information content (AvgIpc) is 2.93. The number of hydrogen-bond donors (Lipinski definition) is 1. The molecule has 0 saturated heterocycles. The van der Waals surface area contributed by atoms with Crippen molar-refractivity contribution in [2.45, 2.75) is 19.3 Å². The zero-order chi connectivity index (χ0) is 15.4. The van der Waals surface area contributed by atoms with Crippen molar-refractivity contribution >= 4 is 5.69 Å². The smallest absolute Gasteiger partial charge is 0.314 e. The Kier molecular flexibility index (Phi) is 4.95. The summed E-state index contributed by atoms with van der Waals surface area (Å²) >= 11 is 0. The van der Waals surface area contributed by atoms with Gasteiger partial charge in [0.05, 0.1) is 24.7 Å². The highest BCUT2D eigenvalue weighted by Crippen LogP contribution is 2.35. The van der Waals surface area contributed by atoms with E-state index in [1.165, 1.54) is 13.2 Å². The van der Waals surface area contributed by atoms with Gasteiger partial charge < -0.3 is 15.2 Å². The maximum Gasteiger partial charge on any atom is 0.314 e. The van der Waals surface area contributed by atoms with Gasteiger partial charge in [-0.15, -0.1) is 0 Å². The fourth-order valence-electron chi connectivity index (χ4n) is 2.78. The Balaban J connectivity index is 2.11. The van der Waals surface area contributed by atoms with Crippen LogP contribution < -0.4 is 15.2 Å². The Bertz CT molecular complexity index is 524. The summed E-state index contributed by atoms with van der Waals surface area (Å²) in [4.78, 5) is 10.1. The second-order valence-electron chi connectivity index (χ2n) is 5.21. The number of nitrogens with two attached hydrogens (primary N) is 1. The zero-order valence-electron chi connectivity index (χ0n) is 11.9. The molecule has 0 aromatic heterocycles. The lowest BCUT2D eigenvalue weighted by Crippen LogP contribution is -2.23. The Labute approximate surface area is 122 Å². The summed E-state index contributed by atoms with van der Waals surface area (Å²) in [5.41, 5.74) is 5.28. The van der Waals surface area contributed by atoms with Crippen molar-refractivity contribution in [1.29, 1.82) is 0 Å². The summed E-state index contributed by atoms with van der Waals surface area (Å²) in [5, 5.41) is 10.8. The standard InChI is InChI=1S/C14H19FN2O4/c1-20-14-6-13(11(15)5-12(14)17(18)19)21-8-10-4-2-3-9(10)7-16/h5-6,9-10H,2-4,7-8,16H2,1H3. The summed E-state index contributed by atoms with van der Waals surface area (Å²) in [6, 6.07) is 2.04. The van der Waals surface area contributed by atoms with Gasteiger partial charge in [-0.3, -0.25) is 10.1 Å². The van der Waals surface area contributed by atoms with Gasteiger partial charge >= 0.3 is 5.69 Å². The second kappa shape index (κ2) is 6.71. The number of hydrogen-bond acceptors (Lipinski definition) is 5. The largest absolute Gasteiger partial charge is 0.490 e. The van der Waals surface area contributed by atoms with Gasteiger partial charge in [-0.05, 0) is 31.2 Å². The molecular weight excluding hydrogens is 279 g/mol. The van der Waals surface area contributed by atoms with E-state index >= 15 is 0 Å². The number of halogens is 1. The van der Waals surface area contributed by atoms with E-state index in [4.69, 9.17) is 15.2 Å². The molecule has 2 N–H and O–H groups in total. The molecule has 6 nitrogen and oxygen atoms in total. The van der Waals surface area contributed by atoms with Crippen molar-refractivity contribution in [3.05, 3.63) is 28.1 Å². The Morgan fingerprint density at radius 1 is 1.38 bits per heavy atom. The first-order chi connectivity index (χ1) is 10.1. The third-order valence-electron chi connectivity index (χ3n) is 4.00. The van der Waals surface area contributed by atoms with Crippen LogP contribution in [0, 0.1) is 27.8 Å². The molecule has 0 amide bonds. The van der Waals surface area contributed by atoms with Crippen LogP contribution in [0.3, 0.4) is 0 Å². The molecule has 1 aromatic rings. The lowest BCUT2D eigenvalue weighted by atomic mass is 9.97. The molecule has 1 aliphatic carbocycles. The molecule has 1 aliphatic rings. The highest BCUT2D eigenvalue weighted by atomic mass is 19.1. The molecule has 0 bridgehead atoms. The number of nitrogens with zero attached hydrogens (tertiary/aromatic N) is 1. The third kappa shape index (κ3) is 3.41. The minimum absolute atomic E-state index is 0.0156. The molecule has 7 heteroatoms. The monoisotopic (exact) mass is 298 g/mol. The molecule has 0 aliphatic heterocycles. The summed E-state index contributed by atoms with van der Waals surface area (Å²) in [6.45, 7) is 0.958. The molecule has 1 fully saturated rings. The van der Waals surface area contributed by atoms with Crippen LogP contribution in [-0.2, 0) is 0 Å². The van der Waals surface area contributed by atoms with Crippen LogP contribution >= 0.6 is 0 Å². The maximum absolute atomic E-state index is 13.9. The van der Waals surface area contributed by atoms with Gasteiger partial charge in [-0.25, -0.2) is 4.39 Å². The molecule has 2 unspecified atom stereocenters. The van der Waals surface area contributed by atoms with Gasteiger partial charge in [0.1, 0.15) is 0 Å². The third-order valence-corrected chi connectivity index (χ3v) is 4.00. The Morgan fingerprint density at radius 2 is 2.10 bits per heavy atom. The first kappa shape index (κ1) is 15.5. The van der Waals surface area contributed by atoms with Crippen molar-refractivity contribution in [3.63, 3.8) is 0 Å². The topological polar surface area (TPSA) is 87.6 Å². The SMILES string of the molecule is COc1cc(OCC2CCCC2CN)c(F)cc1[N+](=O)[O-]. The van der Waals surface area contributed by atoms with Gasteiger partial charge in [0.15, 0.2) is 11.6 Å². The quantitative estimate of drug-likeness (QED) is 0.644. The molecule has 1 aromatic carbocycles. The fourth-order valence-corrected chi connectivity index (χ4v) is 2.78. The molecular formula is C14H19FN2O4. The van der Waals surface area contributed by atoms with Crippen molar-refractivity contribution in [2.24, 2.45) is 17.6 Å². The number of nitro groups is 1. The van der Waals surface area contributed by atoms with Crippen LogP contribution in [0.5, 0.6) is 11.5 Å². The molecule has 116 valence electrons. The van der Waals surface area contributed by atoms with Crippen molar-refractivity contribution in [1.82, 2.24) is 0 Å². The van der Waals surface area contributed by atoms with E-state index in [0.717, 1.165) is 25.3 Å². The highest BCUT2D eigenvalue weighted by molar-refractivity contribution is 5.51. The zero-order valence-corrected chi connectivity index (χ0v) is 11.9. The second-order valence-corrected chi connectivity index (χ2v) is 5.21. The van der Waals surface area contributed by atoms with E-state index in [2.05, 4.69) is 0 Å².